The van der Waals surface area contributed by atoms with Gasteiger partial charge < -0.3 is 4.52 Å². The van der Waals surface area contributed by atoms with Gasteiger partial charge in [0.25, 0.3) is 0 Å². The summed E-state index contributed by atoms with van der Waals surface area (Å²) in [5, 5.41) is 8.57. The van der Waals surface area contributed by atoms with Crippen molar-refractivity contribution in [2.24, 2.45) is 0 Å². The van der Waals surface area contributed by atoms with Crippen LogP contribution in [-0.4, -0.2) is 36.2 Å². The maximum absolute atomic E-state index is 5.49. The summed E-state index contributed by atoms with van der Waals surface area (Å²) in [5.41, 5.74) is 4.17. The smallest absolute Gasteiger partial charge is 0.244 e. The number of hydrogen-bond acceptors (Lipinski definition) is 6. The van der Waals surface area contributed by atoms with Crippen LogP contribution in [0.25, 0.3) is 16.8 Å². The van der Waals surface area contributed by atoms with E-state index in [1.54, 1.807) is 0 Å². The van der Waals surface area contributed by atoms with Crippen LogP contribution in [0.15, 0.2) is 53.4 Å². The van der Waals surface area contributed by atoms with Gasteiger partial charge in [0.2, 0.25) is 5.89 Å². The summed E-state index contributed by atoms with van der Waals surface area (Å²) in [5.74, 6) is 1.50. The van der Waals surface area contributed by atoms with E-state index >= 15 is 0 Å². The molecule has 0 amide bonds. The molecule has 1 fully saturated rings. The second-order valence-electron chi connectivity index (χ2n) is 7.19. The molecule has 7 nitrogen and oxygen atoms in total. The fourth-order valence-electron chi connectivity index (χ4n) is 3.89. The number of nitrogens with zero attached hydrogens (tertiary/aromatic N) is 6. The van der Waals surface area contributed by atoms with E-state index in [1.807, 2.05) is 42.0 Å². The van der Waals surface area contributed by atoms with Crippen molar-refractivity contribution in [3.05, 3.63) is 66.2 Å². The Morgan fingerprint density at radius 2 is 2.07 bits per heavy atom. The molecule has 0 radical (unpaired) electrons. The predicted molar refractivity (Wildman–Crippen MR) is 104 cm³/mol. The van der Waals surface area contributed by atoms with Gasteiger partial charge in [-0.1, -0.05) is 42.4 Å². The fraction of sp³-hybridized carbons (Fsp3) is 0.333. The lowest BCUT2D eigenvalue weighted by Crippen LogP contribution is -2.23. The summed E-state index contributed by atoms with van der Waals surface area (Å²) in [4.78, 5) is 11.6. The summed E-state index contributed by atoms with van der Waals surface area (Å²) >= 11 is 0. The van der Waals surface area contributed by atoms with Crippen LogP contribution in [0.3, 0.4) is 0 Å². The van der Waals surface area contributed by atoms with E-state index in [2.05, 4.69) is 38.5 Å². The van der Waals surface area contributed by atoms with Crippen molar-refractivity contribution in [1.82, 2.24) is 29.6 Å². The second kappa shape index (κ2) is 7.16. The average Bonchev–Trinajstić information content (AvgIpc) is 3.47. The molecule has 1 aliphatic rings. The first-order valence-electron chi connectivity index (χ1n) is 9.76. The molecule has 0 N–H and O–H groups in total. The summed E-state index contributed by atoms with van der Waals surface area (Å²) < 4.78 is 7.36. The topological polar surface area (TPSA) is 72.4 Å². The van der Waals surface area contributed by atoms with Crippen LogP contribution in [0.5, 0.6) is 0 Å². The molecular formula is C21H22N6O. The lowest BCUT2D eigenvalue weighted by atomic mass is 10.1. The number of likely N-dealkylation sites (tertiary alicyclic amines) is 1. The monoisotopic (exact) mass is 374 g/mol. The van der Waals surface area contributed by atoms with E-state index in [4.69, 9.17) is 9.51 Å². The number of aryl methyl sites for hydroxylation is 1. The first kappa shape index (κ1) is 17.1. The van der Waals surface area contributed by atoms with Gasteiger partial charge in [-0.2, -0.15) is 10.1 Å². The summed E-state index contributed by atoms with van der Waals surface area (Å²) in [6.45, 7) is 3.84. The van der Waals surface area contributed by atoms with Crippen molar-refractivity contribution in [3.63, 3.8) is 0 Å². The Morgan fingerprint density at radius 3 is 2.89 bits per heavy atom. The third-order valence-electron chi connectivity index (χ3n) is 5.33. The molecule has 28 heavy (non-hydrogen) atoms. The molecule has 4 heterocycles. The molecule has 3 aromatic heterocycles. The van der Waals surface area contributed by atoms with Crippen molar-refractivity contribution in [2.75, 3.05) is 6.54 Å². The van der Waals surface area contributed by atoms with E-state index in [0.717, 1.165) is 66.4 Å². The standard InChI is InChI=1S/C21H22N6O/c1-2-19-24-21(28-25-19)18-9-6-10-26(18)13-15-11-22-20-17(12-23-27(20)14-15)16-7-4-3-5-8-16/h3-5,7-8,11-12,14,18H,2,6,9-10,13H2,1H3/t18-/m1/s1. The molecule has 0 aliphatic carbocycles. The van der Waals surface area contributed by atoms with Crippen LogP contribution in [0.4, 0.5) is 0 Å². The van der Waals surface area contributed by atoms with Gasteiger partial charge in [0.15, 0.2) is 11.5 Å². The number of benzene rings is 1. The number of hydrogen-bond donors (Lipinski definition) is 0. The molecule has 1 saturated heterocycles. The minimum atomic E-state index is 0.181. The molecule has 0 unspecified atom stereocenters. The van der Waals surface area contributed by atoms with E-state index in [9.17, 15) is 0 Å². The highest BCUT2D eigenvalue weighted by atomic mass is 16.5. The quantitative estimate of drug-likeness (QED) is 0.531. The third-order valence-corrected chi connectivity index (χ3v) is 5.33. The predicted octanol–water partition coefficient (Wildman–Crippen LogP) is 3.68. The second-order valence-corrected chi connectivity index (χ2v) is 7.19. The molecule has 1 aliphatic heterocycles. The molecule has 0 spiro atoms. The van der Waals surface area contributed by atoms with Gasteiger partial charge in [-0.15, -0.1) is 0 Å². The highest BCUT2D eigenvalue weighted by Gasteiger charge is 2.30. The Kier molecular flexibility index (Phi) is 4.37. The molecule has 4 aromatic rings. The van der Waals surface area contributed by atoms with Crippen molar-refractivity contribution >= 4 is 5.65 Å². The van der Waals surface area contributed by atoms with Gasteiger partial charge in [-0.05, 0) is 24.9 Å². The van der Waals surface area contributed by atoms with Gasteiger partial charge in [-0.25, -0.2) is 9.50 Å². The molecule has 7 heteroatoms. The van der Waals surface area contributed by atoms with Gasteiger partial charge in [0, 0.05) is 36.5 Å². The summed E-state index contributed by atoms with van der Waals surface area (Å²) in [7, 11) is 0. The van der Waals surface area contributed by atoms with E-state index in [1.165, 1.54) is 0 Å². The maximum atomic E-state index is 5.49. The normalized spacial score (nSPS) is 17.5. The number of fused-ring (bicyclic) bond motifs is 1. The molecule has 1 atom stereocenters. The molecule has 5 rings (SSSR count). The zero-order valence-corrected chi connectivity index (χ0v) is 15.8. The molecular weight excluding hydrogens is 352 g/mol. The minimum Gasteiger partial charge on any atom is -0.338 e. The summed E-state index contributed by atoms with van der Waals surface area (Å²) in [6.07, 6.45) is 8.86. The summed E-state index contributed by atoms with van der Waals surface area (Å²) in [6, 6.07) is 10.4. The van der Waals surface area contributed by atoms with Crippen LogP contribution in [0, 0.1) is 0 Å². The molecule has 0 bridgehead atoms. The zero-order valence-electron chi connectivity index (χ0n) is 15.8. The Bertz CT molecular complexity index is 1090. The van der Waals surface area contributed by atoms with Crippen molar-refractivity contribution < 1.29 is 4.52 Å². The van der Waals surface area contributed by atoms with E-state index < -0.39 is 0 Å². The highest BCUT2D eigenvalue weighted by molar-refractivity contribution is 5.76. The van der Waals surface area contributed by atoms with E-state index in [-0.39, 0.29) is 6.04 Å². The molecule has 142 valence electrons. The average molecular weight is 374 g/mol. The van der Waals surface area contributed by atoms with Crippen molar-refractivity contribution in [3.8, 4) is 11.1 Å². The third kappa shape index (κ3) is 3.07. The maximum Gasteiger partial charge on any atom is 0.244 e. The number of aromatic nitrogens is 5. The van der Waals surface area contributed by atoms with Gasteiger partial charge >= 0.3 is 0 Å². The van der Waals surface area contributed by atoms with Crippen LogP contribution in [0.1, 0.15) is 43.1 Å². The number of rotatable bonds is 5. The largest absolute Gasteiger partial charge is 0.338 e. The van der Waals surface area contributed by atoms with Crippen LogP contribution >= 0.6 is 0 Å². The minimum absolute atomic E-state index is 0.181. The van der Waals surface area contributed by atoms with Crippen LogP contribution < -0.4 is 0 Å². The van der Waals surface area contributed by atoms with E-state index in [0.29, 0.717) is 0 Å². The first-order chi connectivity index (χ1) is 13.8. The zero-order chi connectivity index (χ0) is 18.9. The highest BCUT2D eigenvalue weighted by Crippen LogP contribution is 2.32. The van der Waals surface area contributed by atoms with Crippen LogP contribution in [0.2, 0.25) is 0 Å². The van der Waals surface area contributed by atoms with Gasteiger partial charge in [0.1, 0.15) is 0 Å². The Balaban J connectivity index is 1.39. The van der Waals surface area contributed by atoms with Crippen LogP contribution in [-0.2, 0) is 13.0 Å². The Labute approximate surface area is 163 Å². The molecule has 1 aromatic carbocycles. The van der Waals surface area contributed by atoms with Gasteiger partial charge in [0.05, 0.1) is 12.2 Å². The Morgan fingerprint density at radius 1 is 1.18 bits per heavy atom. The SMILES string of the molecule is CCc1noc([C@H]2CCCN2Cc2cnc3c(-c4ccccc4)cnn3c2)n1. The lowest BCUT2D eigenvalue weighted by molar-refractivity contribution is 0.200. The van der Waals surface area contributed by atoms with Gasteiger partial charge in [-0.3, -0.25) is 4.90 Å². The molecule has 0 saturated carbocycles. The first-order valence-corrected chi connectivity index (χ1v) is 9.76. The lowest BCUT2D eigenvalue weighted by Gasteiger charge is -2.21. The Hall–Kier alpha value is -3.06. The van der Waals surface area contributed by atoms with Crippen molar-refractivity contribution in [1.29, 1.82) is 0 Å². The van der Waals surface area contributed by atoms with Crippen molar-refractivity contribution in [2.45, 2.75) is 38.8 Å². The fourth-order valence-corrected chi connectivity index (χ4v) is 3.89.